The summed E-state index contributed by atoms with van der Waals surface area (Å²) in [5, 5.41) is 26.1. The molecule has 0 saturated heterocycles. The van der Waals surface area contributed by atoms with Gasteiger partial charge >= 0.3 is 0 Å². The zero-order valence-electron chi connectivity index (χ0n) is 10.5. The van der Waals surface area contributed by atoms with E-state index in [-0.39, 0.29) is 36.7 Å². The van der Waals surface area contributed by atoms with Crippen LogP contribution in [0.4, 0.5) is 0 Å². The lowest BCUT2D eigenvalue weighted by Crippen LogP contribution is -2.28. The number of nitriles is 3. The van der Waals surface area contributed by atoms with E-state index in [1.54, 1.807) is 7.05 Å². The van der Waals surface area contributed by atoms with Crippen molar-refractivity contribution in [1.29, 1.82) is 15.8 Å². The second-order valence-corrected chi connectivity index (χ2v) is 3.83. The lowest BCUT2D eigenvalue weighted by Gasteiger charge is -2.15. The van der Waals surface area contributed by atoms with Crippen LogP contribution in [0.3, 0.4) is 0 Å². The Bertz CT molecular complexity index is 583. The van der Waals surface area contributed by atoms with Crippen LogP contribution in [-0.2, 0) is 11.3 Å². The molecule has 0 saturated carbocycles. The van der Waals surface area contributed by atoms with Gasteiger partial charge < -0.3 is 9.47 Å². The van der Waals surface area contributed by atoms with Gasteiger partial charge in [0.25, 0.3) is 0 Å². The van der Waals surface area contributed by atoms with Gasteiger partial charge in [-0.15, -0.1) is 0 Å². The lowest BCUT2D eigenvalue weighted by atomic mass is 10.3. The van der Waals surface area contributed by atoms with Gasteiger partial charge in [0.15, 0.2) is 11.4 Å². The number of imidazole rings is 1. The summed E-state index contributed by atoms with van der Waals surface area (Å²) in [6, 6.07) is 5.68. The first kappa shape index (κ1) is 14.2. The van der Waals surface area contributed by atoms with Gasteiger partial charge in [-0.3, -0.25) is 4.79 Å². The summed E-state index contributed by atoms with van der Waals surface area (Å²) in [4.78, 5) is 17.0. The minimum atomic E-state index is -0.119. The largest absolute Gasteiger partial charge is 0.345 e. The van der Waals surface area contributed by atoms with E-state index in [9.17, 15) is 4.79 Å². The maximum absolute atomic E-state index is 11.7. The van der Waals surface area contributed by atoms with Gasteiger partial charge in [0, 0.05) is 26.6 Å². The molecule has 1 aromatic rings. The van der Waals surface area contributed by atoms with Crippen molar-refractivity contribution >= 4 is 5.91 Å². The summed E-state index contributed by atoms with van der Waals surface area (Å²) in [7, 11) is 1.62. The van der Waals surface area contributed by atoms with Crippen LogP contribution < -0.4 is 0 Å². The fraction of sp³-hybridized carbons (Fsp3) is 0.417. The highest BCUT2D eigenvalue weighted by molar-refractivity contribution is 5.75. The van der Waals surface area contributed by atoms with E-state index in [1.165, 1.54) is 15.8 Å². The molecule has 7 nitrogen and oxygen atoms in total. The molecule has 0 radical (unpaired) electrons. The molecule has 1 amide bonds. The average Bonchev–Trinajstić information content (AvgIpc) is 2.83. The topological polar surface area (TPSA) is 110 Å². The fourth-order valence-electron chi connectivity index (χ4n) is 1.50. The third-order valence-electron chi connectivity index (χ3n) is 2.60. The second kappa shape index (κ2) is 6.78. The van der Waals surface area contributed by atoms with Crippen molar-refractivity contribution in [2.24, 2.45) is 0 Å². The molecule has 0 bridgehead atoms. The van der Waals surface area contributed by atoms with Crippen molar-refractivity contribution in [1.82, 2.24) is 14.5 Å². The Kier molecular flexibility index (Phi) is 5.07. The normalized spacial score (nSPS) is 9.16. The predicted octanol–water partition coefficient (Wildman–Crippen LogP) is 0.389. The Balaban J connectivity index is 2.61. The maximum atomic E-state index is 11.7. The van der Waals surface area contributed by atoms with Crippen molar-refractivity contribution in [3.63, 3.8) is 0 Å². The molecule has 1 rings (SSSR count). The standard InChI is InChI=1S/C12H12N6O/c1-17(5-2-4-13)12(19)3-6-18-9-16-10(7-14)11(18)8-15/h9H,2-3,5-6H2,1H3. The molecule has 19 heavy (non-hydrogen) atoms. The fourth-order valence-corrected chi connectivity index (χ4v) is 1.50. The Labute approximate surface area is 110 Å². The number of aromatic nitrogens is 2. The van der Waals surface area contributed by atoms with Crippen LogP contribution in [-0.4, -0.2) is 34.0 Å². The van der Waals surface area contributed by atoms with Crippen molar-refractivity contribution < 1.29 is 4.79 Å². The van der Waals surface area contributed by atoms with Gasteiger partial charge in [0.05, 0.1) is 18.8 Å². The minimum Gasteiger partial charge on any atom is -0.345 e. The Morgan fingerprint density at radius 1 is 1.42 bits per heavy atom. The molecule has 0 aromatic carbocycles. The molecule has 96 valence electrons. The molecule has 0 aliphatic rings. The summed E-state index contributed by atoms with van der Waals surface area (Å²) in [6.45, 7) is 0.668. The van der Waals surface area contributed by atoms with Crippen LogP contribution in [0.25, 0.3) is 0 Å². The molecule has 0 spiro atoms. The number of nitrogens with zero attached hydrogens (tertiary/aromatic N) is 6. The first-order chi connectivity index (χ1) is 9.13. The molecular weight excluding hydrogens is 244 g/mol. The van der Waals surface area contributed by atoms with Gasteiger partial charge in [-0.05, 0) is 0 Å². The van der Waals surface area contributed by atoms with E-state index in [0.29, 0.717) is 6.54 Å². The third kappa shape index (κ3) is 3.55. The van der Waals surface area contributed by atoms with E-state index in [1.807, 2.05) is 18.2 Å². The predicted molar refractivity (Wildman–Crippen MR) is 64.1 cm³/mol. The Hall–Kier alpha value is -2.85. The average molecular weight is 256 g/mol. The lowest BCUT2D eigenvalue weighted by molar-refractivity contribution is -0.130. The van der Waals surface area contributed by atoms with Crippen LogP contribution in [0.2, 0.25) is 0 Å². The van der Waals surface area contributed by atoms with Crippen molar-refractivity contribution in [2.45, 2.75) is 19.4 Å². The number of carbonyl (C=O) groups is 1. The summed E-state index contributed by atoms with van der Waals surface area (Å²) < 4.78 is 1.48. The first-order valence-electron chi connectivity index (χ1n) is 5.60. The number of hydrogen-bond donors (Lipinski definition) is 0. The highest BCUT2D eigenvalue weighted by Gasteiger charge is 2.13. The van der Waals surface area contributed by atoms with Crippen LogP contribution in [0.15, 0.2) is 6.33 Å². The number of aryl methyl sites for hydroxylation is 1. The molecule has 0 aliphatic heterocycles. The SMILES string of the molecule is CN(CCC#N)C(=O)CCn1cnc(C#N)c1C#N. The van der Waals surface area contributed by atoms with Crippen LogP contribution in [0.1, 0.15) is 24.2 Å². The third-order valence-corrected chi connectivity index (χ3v) is 2.60. The van der Waals surface area contributed by atoms with Gasteiger partial charge in [-0.2, -0.15) is 15.8 Å². The molecule has 7 heteroatoms. The molecular formula is C12H12N6O. The summed E-state index contributed by atoms with van der Waals surface area (Å²) in [5.41, 5.74) is 0.225. The van der Waals surface area contributed by atoms with E-state index >= 15 is 0 Å². The van der Waals surface area contributed by atoms with Crippen LogP contribution in [0, 0.1) is 34.0 Å². The summed E-state index contributed by atoms with van der Waals surface area (Å²) >= 11 is 0. The molecule has 0 fully saturated rings. The number of amides is 1. The van der Waals surface area contributed by atoms with E-state index in [0.717, 1.165) is 0 Å². The summed E-state index contributed by atoms with van der Waals surface area (Å²) in [5.74, 6) is -0.119. The zero-order chi connectivity index (χ0) is 14.3. The molecule has 1 aromatic heterocycles. The van der Waals surface area contributed by atoms with Gasteiger partial charge in [0.1, 0.15) is 12.1 Å². The minimum absolute atomic E-state index is 0.0628. The van der Waals surface area contributed by atoms with E-state index in [2.05, 4.69) is 4.98 Å². The van der Waals surface area contributed by atoms with Crippen molar-refractivity contribution in [3.05, 3.63) is 17.7 Å². The van der Waals surface area contributed by atoms with Gasteiger partial charge in [0.2, 0.25) is 5.91 Å². The summed E-state index contributed by atoms with van der Waals surface area (Å²) in [6.07, 6.45) is 1.85. The first-order valence-corrected chi connectivity index (χ1v) is 5.60. The zero-order valence-corrected chi connectivity index (χ0v) is 10.5. The number of carbonyl (C=O) groups excluding carboxylic acids is 1. The molecule has 0 aliphatic carbocycles. The van der Waals surface area contributed by atoms with Gasteiger partial charge in [-0.1, -0.05) is 0 Å². The smallest absolute Gasteiger partial charge is 0.224 e. The maximum Gasteiger partial charge on any atom is 0.224 e. The highest BCUT2D eigenvalue weighted by Crippen LogP contribution is 2.06. The highest BCUT2D eigenvalue weighted by atomic mass is 16.2. The van der Waals surface area contributed by atoms with Crippen LogP contribution >= 0.6 is 0 Å². The van der Waals surface area contributed by atoms with Crippen molar-refractivity contribution in [3.8, 4) is 18.2 Å². The molecule has 0 N–H and O–H groups in total. The van der Waals surface area contributed by atoms with E-state index < -0.39 is 0 Å². The molecule has 0 unspecified atom stereocenters. The molecule has 1 heterocycles. The number of rotatable bonds is 5. The van der Waals surface area contributed by atoms with Crippen LogP contribution in [0.5, 0.6) is 0 Å². The van der Waals surface area contributed by atoms with E-state index in [4.69, 9.17) is 15.8 Å². The quantitative estimate of drug-likeness (QED) is 0.756. The Morgan fingerprint density at radius 3 is 2.74 bits per heavy atom. The Morgan fingerprint density at radius 2 is 2.16 bits per heavy atom. The second-order valence-electron chi connectivity index (χ2n) is 3.83. The van der Waals surface area contributed by atoms with Gasteiger partial charge in [-0.25, -0.2) is 4.98 Å². The monoisotopic (exact) mass is 256 g/mol. The molecule has 0 atom stereocenters. The number of hydrogen-bond acceptors (Lipinski definition) is 5. The van der Waals surface area contributed by atoms with Crippen molar-refractivity contribution in [2.75, 3.05) is 13.6 Å².